The van der Waals surface area contributed by atoms with E-state index in [1.165, 1.54) is 0 Å². The maximum atomic E-state index is 12.9. The predicted molar refractivity (Wildman–Crippen MR) is 66.9 cm³/mol. The van der Waals surface area contributed by atoms with Crippen molar-refractivity contribution in [3.8, 4) is 0 Å². The van der Waals surface area contributed by atoms with Crippen molar-refractivity contribution in [3.63, 3.8) is 0 Å². The van der Waals surface area contributed by atoms with Crippen LogP contribution in [-0.4, -0.2) is 47.2 Å². The van der Waals surface area contributed by atoms with Gasteiger partial charge in [-0.15, -0.1) is 0 Å². The van der Waals surface area contributed by atoms with Gasteiger partial charge in [-0.05, 0) is 20.9 Å². The minimum Gasteiger partial charge on any atom is -0.315 e. The summed E-state index contributed by atoms with van der Waals surface area (Å²) in [6.07, 6.45) is -4.10. The number of likely N-dealkylation sites (tertiary alicyclic amines) is 1. The van der Waals surface area contributed by atoms with Crippen LogP contribution < -0.4 is 5.32 Å². The van der Waals surface area contributed by atoms with E-state index >= 15 is 0 Å². The van der Waals surface area contributed by atoms with E-state index in [-0.39, 0.29) is 18.6 Å². The van der Waals surface area contributed by atoms with Gasteiger partial charge in [-0.3, -0.25) is 4.90 Å². The van der Waals surface area contributed by atoms with Gasteiger partial charge in [0.05, 0.1) is 5.92 Å². The fourth-order valence-electron chi connectivity index (χ4n) is 2.02. The van der Waals surface area contributed by atoms with Gasteiger partial charge in [-0.25, -0.2) is 0 Å². The number of likely N-dealkylation sites (N-methyl/N-ethyl adjacent to an activating group) is 1. The zero-order chi connectivity index (χ0) is 12.5. The lowest BCUT2D eigenvalue weighted by Gasteiger charge is -2.43. The highest BCUT2D eigenvalue weighted by atomic mass is 127. The van der Waals surface area contributed by atoms with Crippen LogP contribution in [0.3, 0.4) is 0 Å². The fraction of sp³-hybridized carbons (Fsp3) is 1.00. The van der Waals surface area contributed by atoms with E-state index < -0.39 is 16.0 Å². The first-order valence-electron chi connectivity index (χ1n) is 5.39. The Hall–Kier alpha value is 0.440. The number of hydrogen-bond donors (Lipinski definition) is 1. The van der Waals surface area contributed by atoms with Crippen molar-refractivity contribution < 1.29 is 13.2 Å². The Kier molecular flexibility index (Phi) is 4.88. The Balaban J connectivity index is 2.82. The van der Waals surface area contributed by atoms with Crippen LogP contribution in [0.1, 0.15) is 13.8 Å². The van der Waals surface area contributed by atoms with Gasteiger partial charge in [-0.2, -0.15) is 13.2 Å². The van der Waals surface area contributed by atoms with E-state index in [1.54, 1.807) is 7.05 Å². The molecule has 0 aromatic heterocycles. The summed E-state index contributed by atoms with van der Waals surface area (Å²) in [5.74, 6) is -1.23. The fourth-order valence-corrected chi connectivity index (χ4v) is 3.24. The Labute approximate surface area is 108 Å². The third kappa shape index (κ3) is 3.22. The van der Waals surface area contributed by atoms with E-state index in [9.17, 15) is 13.2 Å². The Morgan fingerprint density at radius 2 is 1.88 bits per heavy atom. The molecule has 6 heteroatoms. The zero-order valence-corrected chi connectivity index (χ0v) is 11.8. The number of rotatable bonds is 2. The molecule has 3 atom stereocenters. The number of piperidine rings is 1. The third-order valence-electron chi connectivity index (χ3n) is 3.15. The van der Waals surface area contributed by atoms with Crippen molar-refractivity contribution in [1.29, 1.82) is 0 Å². The summed E-state index contributed by atoms with van der Waals surface area (Å²) < 4.78 is 38.2. The molecule has 3 unspecified atom stereocenters. The molecule has 2 nitrogen and oxygen atoms in total. The molecule has 0 aromatic rings. The van der Waals surface area contributed by atoms with Crippen LogP contribution >= 0.6 is 22.6 Å². The van der Waals surface area contributed by atoms with Gasteiger partial charge in [-0.1, -0.05) is 22.6 Å². The lowest BCUT2D eigenvalue weighted by Crippen LogP contribution is -2.59. The molecule has 16 heavy (non-hydrogen) atoms. The second kappa shape index (κ2) is 5.39. The smallest absolute Gasteiger partial charge is 0.315 e. The molecule has 96 valence electrons. The summed E-state index contributed by atoms with van der Waals surface area (Å²) in [6, 6.07) is 0.0629. The molecule has 0 spiro atoms. The van der Waals surface area contributed by atoms with Crippen LogP contribution in [0.15, 0.2) is 0 Å². The molecule has 1 aliphatic heterocycles. The van der Waals surface area contributed by atoms with Crippen molar-refractivity contribution in [1.82, 2.24) is 10.2 Å². The maximum Gasteiger partial charge on any atom is 0.394 e. The molecule has 0 saturated carbocycles. The summed E-state index contributed by atoms with van der Waals surface area (Å²) in [4.78, 5) is 1.90. The molecular formula is C10H18F3IN2. The third-order valence-corrected chi connectivity index (χ3v) is 4.89. The van der Waals surface area contributed by atoms with Gasteiger partial charge in [0.2, 0.25) is 0 Å². The molecule has 1 heterocycles. The standard InChI is InChI=1S/C10H18F3IN2/c1-6(2)16-4-7(10(11,12)13)9(14)8(5-16)15-3/h6-9,15H,4-5H2,1-3H3. The quantitative estimate of drug-likeness (QED) is 0.607. The Morgan fingerprint density at radius 3 is 2.25 bits per heavy atom. The summed E-state index contributed by atoms with van der Waals surface area (Å²) in [5.41, 5.74) is 0. The van der Waals surface area contributed by atoms with Crippen molar-refractivity contribution in [3.05, 3.63) is 0 Å². The molecule has 1 rings (SSSR count). The second-order valence-electron chi connectivity index (χ2n) is 4.54. The monoisotopic (exact) mass is 350 g/mol. The van der Waals surface area contributed by atoms with Crippen LogP contribution in [0, 0.1) is 5.92 Å². The molecule has 0 aromatic carbocycles. The normalized spacial score (nSPS) is 33.4. The van der Waals surface area contributed by atoms with E-state index in [2.05, 4.69) is 5.32 Å². The van der Waals surface area contributed by atoms with E-state index in [4.69, 9.17) is 0 Å². The van der Waals surface area contributed by atoms with Crippen LogP contribution in [0.25, 0.3) is 0 Å². The average molecular weight is 350 g/mol. The van der Waals surface area contributed by atoms with Crippen molar-refractivity contribution >= 4 is 22.6 Å². The number of hydrogen-bond acceptors (Lipinski definition) is 2. The number of nitrogens with one attached hydrogen (secondary N) is 1. The maximum absolute atomic E-state index is 12.9. The molecule has 0 amide bonds. The number of nitrogens with zero attached hydrogens (tertiary/aromatic N) is 1. The molecule has 1 aliphatic rings. The van der Waals surface area contributed by atoms with E-state index in [0.29, 0.717) is 6.54 Å². The van der Waals surface area contributed by atoms with Gasteiger partial charge in [0.15, 0.2) is 0 Å². The van der Waals surface area contributed by atoms with Gasteiger partial charge >= 0.3 is 6.18 Å². The number of alkyl halides is 4. The number of halogens is 4. The summed E-state index contributed by atoms with van der Waals surface area (Å²) in [7, 11) is 1.73. The lowest BCUT2D eigenvalue weighted by molar-refractivity contribution is -0.186. The van der Waals surface area contributed by atoms with Crippen molar-refractivity contribution in [2.45, 2.75) is 36.0 Å². The Morgan fingerprint density at radius 1 is 1.31 bits per heavy atom. The van der Waals surface area contributed by atoms with Crippen LogP contribution in [0.2, 0.25) is 0 Å². The average Bonchev–Trinajstić information content (AvgIpc) is 2.15. The van der Waals surface area contributed by atoms with Crippen LogP contribution in [0.5, 0.6) is 0 Å². The van der Waals surface area contributed by atoms with Gasteiger partial charge in [0.1, 0.15) is 0 Å². The van der Waals surface area contributed by atoms with Crippen LogP contribution in [-0.2, 0) is 0 Å². The van der Waals surface area contributed by atoms with E-state index in [1.807, 2.05) is 41.3 Å². The molecule has 1 fully saturated rings. The first kappa shape index (κ1) is 14.5. The largest absolute Gasteiger partial charge is 0.394 e. The zero-order valence-electron chi connectivity index (χ0n) is 9.68. The van der Waals surface area contributed by atoms with Crippen molar-refractivity contribution in [2.75, 3.05) is 20.1 Å². The highest BCUT2D eigenvalue weighted by Crippen LogP contribution is 2.37. The molecule has 1 saturated heterocycles. The second-order valence-corrected chi connectivity index (χ2v) is 5.97. The molecule has 0 radical (unpaired) electrons. The molecule has 0 bridgehead atoms. The van der Waals surface area contributed by atoms with Gasteiger partial charge in [0, 0.05) is 29.1 Å². The van der Waals surface area contributed by atoms with Gasteiger partial charge < -0.3 is 5.32 Å². The molecule has 1 N–H and O–H groups in total. The lowest BCUT2D eigenvalue weighted by atomic mass is 9.92. The summed E-state index contributed by atoms with van der Waals surface area (Å²) in [5, 5.41) is 2.99. The Bertz CT molecular complexity index is 233. The van der Waals surface area contributed by atoms with E-state index in [0.717, 1.165) is 0 Å². The van der Waals surface area contributed by atoms with Crippen LogP contribution in [0.4, 0.5) is 13.2 Å². The van der Waals surface area contributed by atoms with Gasteiger partial charge in [0.25, 0.3) is 0 Å². The summed E-state index contributed by atoms with van der Waals surface area (Å²) in [6.45, 7) is 4.68. The first-order valence-corrected chi connectivity index (χ1v) is 6.64. The molecular weight excluding hydrogens is 332 g/mol. The predicted octanol–water partition coefficient (Wildman–Crippen LogP) is 2.28. The molecule has 0 aliphatic carbocycles. The van der Waals surface area contributed by atoms with Crippen molar-refractivity contribution in [2.24, 2.45) is 5.92 Å². The highest BCUT2D eigenvalue weighted by molar-refractivity contribution is 14.1. The highest BCUT2D eigenvalue weighted by Gasteiger charge is 2.49. The summed E-state index contributed by atoms with van der Waals surface area (Å²) >= 11 is 1.93. The minimum absolute atomic E-state index is 0.0941. The SMILES string of the molecule is CNC1CN(C(C)C)CC(C(F)(F)F)C1I. The topological polar surface area (TPSA) is 15.3 Å². The first-order chi connectivity index (χ1) is 7.27. The minimum atomic E-state index is -4.10.